The van der Waals surface area contributed by atoms with Crippen LogP contribution >= 0.6 is 0 Å². The van der Waals surface area contributed by atoms with Gasteiger partial charge in [-0.2, -0.15) is 4.31 Å². The third kappa shape index (κ3) is 4.72. The zero-order chi connectivity index (χ0) is 22.8. The number of sulfonamides is 1. The molecule has 8 heteroatoms. The maximum Gasteiger partial charge on any atom is 0.243 e. The minimum Gasteiger partial charge on any atom is -0.378 e. The fourth-order valence-corrected chi connectivity index (χ4v) is 8.53. The van der Waals surface area contributed by atoms with Crippen LogP contribution in [-0.4, -0.2) is 86.5 Å². The summed E-state index contributed by atoms with van der Waals surface area (Å²) >= 11 is 0. The summed E-state index contributed by atoms with van der Waals surface area (Å²) in [5.41, 5.74) is 0. The molecule has 1 amide bonds. The SMILES string of the molecule is O=C(CCC[C@@H]1[C@H]2CCCN3CCC[C@@H](CN1S(=O)(=O)c1ccccc1)[C@@H]23)N1CCOCC1. The van der Waals surface area contributed by atoms with E-state index in [9.17, 15) is 13.2 Å². The van der Waals surface area contributed by atoms with Crippen molar-refractivity contribution < 1.29 is 17.9 Å². The van der Waals surface area contributed by atoms with Gasteiger partial charge in [-0.05, 0) is 75.6 Å². The first-order valence-corrected chi connectivity index (χ1v) is 14.2. The fraction of sp³-hybridized carbons (Fsp3) is 0.720. The minimum absolute atomic E-state index is 0.0326. The molecule has 5 rings (SSSR count). The topological polar surface area (TPSA) is 70.2 Å². The molecule has 0 bridgehead atoms. The molecule has 0 radical (unpaired) electrons. The lowest BCUT2D eigenvalue weighted by atomic mass is 9.70. The lowest BCUT2D eigenvalue weighted by Gasteiger charge is -2.57. The molecule has 1 aromatic carbocycles. The number of hydrogen-bond donors (Lipinski definition) is 0. The number of piperidine rings is 3. The number of nitrogens with zero attached hydrogens (tertiary/aromatic N) is 3. The standard InChI is InChI=1S/C25H37N3O4S/c29-24(26-15-17-32-18-16-26)12-4-11-23-22-10-6-14-27-13-5-7-20(25(22)27)19-28(23)33(30,31)21-8-2-1-3-9-21/h1-3,8-9,20,22-23,25H,4-7,10-19H2/t20-,22+,23+,25-/m0/s1. The van der Waals surface area contributed by atoms with Crippen molar-refractivity contribution in [2.75, 3.05) is 45.9 Å². The van der Waals surface area contributed by atoms with Crippen molar-refractivity contribution in [2.45, 2.75) is 61.9 Å². The van der Waals surface area contributed by atoms with Gasteiger partial charge in [0, 0.05) is 38.1 Å². The normalized spacial score (nSPS) is 31.2. The Hall–Kier alpha value is -1.48. The van der Waals surface area contributed by atoms with E-state index in [2.05, 4.69) is 4.90 Å². The lowest BCUT2D eigenvalue weighted by molar-refractivity contribution is -0.135. The molecule has 33 heavy (non-hydrogen) atoms. The van der Waals surface area contributed by atoms with Crippen LogP contribution in [0.1, 0.15) is 44.9 Å². The summed E-state index contributed by atoms with van der Waals surface area (Å²) in [7, 11) is -3.57. The van der Waals surface area contributed by atoms with Crippen molar-refractivity contribution in [1.29, 1.82) is 0 Å². The second-order valence-electron chi connectivity index (χ2n) is 10.1. The van der Waals surface area contributed by atoms with Crippen LogP contribution in [0.25, 0.3) is 0 Å². The van der Waals surface area contributed by atoms with E-state index in [0.29, 0.717) is 62.0 Å². The maximum atomic E-state index is 13.8. The van der Waals surface area contributed by atoms with Crippen molar-refractivity contribution in [1.82, 2.24) is 14.1 Å². The van der Waals surface area contributed by atoms with Crippen LogP contribution in [0, 0.1) is 11.8 Å². The van der Waals surface area contributed by atoms with Gasteiger partial charge in [-0.3, -0.25) is 9.69 Å². The first kappa shape index (κ1) is 23.3. The summed E-state index contributed by atoms with van der Waals surface area (Å²) in [5, 5.41) is 0. The van der Waals surface area contributed by atoms with E-state index in [-0.39, 0.29) is 11.9 Å². The highest BCUT2D eigenvalue weighted by atomic mass is 32.2. The first-order chi connectivity index (χ1) is 16.1. The molecular weight excluding hydrogens is 438 g/mol. The largest absolute Gasteiger partial charge is 0.378 e. The Morgan fingerprint density at radius 2 is 1.73 bits per heavy atom. The van der Waals surface area contributed by atoms with E-state index in [1.165, 1.54) is 0 Å². The predicted octanol–water partition coefficient (Wildman–Crippen LogP) is 2.58. The third-order valence-electron chi connectivity index (χ3n) is 8.23. The molecule has 4 aliphatic heterocycles. The van der Waals surface area contributed by atoms with E-state index in [4.69, 9.17) is 4.74 Å². The number of benzene rings is 1. The molecule has 0 unspecified atom stereocenters. The number of hydrogen-bond acceptors (Lipinski definition) is 5. The van der Waals surface area contributed by atoms with Crippen LogP contribution in [0.2, 0.25) is 0 Å². The van der Waals surface area contributed by atoms with Gasteiger partial charge in [-0.15, -0.1) is 0 Å². The molecule has 4 fully saturated rings. The number of morpholine rings is 1. The van der Waals surface area contributed by atoms with Crippen LogP contribution in [0.5, 0.6) is 0 Å². The Bertz CT molecular complexity index is 917. The molecule has 0 spiro atoms. The van der Waals surface area contributed by atoms with Gasteiger partial charge in [-0.1, -0.05) is 18.2 Å². The molecule has 4 aliphatic rings. The molecular formula is C25H37N3O4S. The Balaban J connectivity index is 1.36. The minimum atomic E-state index is -3.57. The van der Waals surface area contributed by atoms with E-state index < -0.39 is 10.0 Å². The molecule has 4 atom stereocenters. The van der Waals surface area contributed by atoms with Crippen molar-refractivity contribution in [3.05, 3.63) is 30.3 Å². The van der Waals surface area contributed by atoms with Crippen LogP contribution < -0.4 is 0 Å². The molecule has 0 saturated carbocycles. The summed E-state index contributed by atoms with van der Waals surface area (Å²) in [5.74, 6) is 0.941. The van der Waals surface area contributed by atoms with Crippen LogP contribution in [0.3, 0.4) is 0 Å². The summed E-state index contributed by atoms with van der Waals surface area (Å²) in [6.45, 7) is 5.45. The smallest absolute Gasteiger partial charge is 0.243 e. The molecule has 7 nitrogen and oxygen atoms in total. The Morgan fingerprint density at radius 1 is 1.00 bits per heavy atom. The van der Waals surface area contributed by atoms with E-state index in [1.807, 2.05) is 15.3 Å². The first-order valence-electron chi connectivity index (χ1n) is 12.7. The van der Waals surface area contributed by atoms with E-state index in [0.717, 1.165) is 51.6 Å². The highest BCUT2D eigenvalue weighted by Gasteiger charge is 2.51. The number of amides is 1. The Kier molecular flexibility index (Phi) is 7.07. The lowest BCUT2D eigenvalue weighted by Crippen LogP contribution is -2.65. The maximum absolute atomic E-state index is 13.8. The van der Waals surface area contributed by atoms with Crippen molar-refractivity contribution in [2.24, 2.45) is 11.8 Å². The fourth-order valence-electron chi connectivity index (χ4n) is 6.75. The van der Waals surface area contributed by atoms with Gasteiger partial charge in [0.05, 0.1) is 18.1 Å². The summed E-state index contributed by atoms with van der Waals surface area (Å²) in [6.07, 6.45) is 6.46. The summed E-state index contributed by atoms with van der Waals surface area (Å²) in [6, 6.07) is 9.37. The van der Waals surface area contributed by atoms with E-state index >= 15 is 0 Å². The zero-order valence-electron chi connectivity index (χ0n) is 19.5. The molecule has 4 saturated heterocycles. The third-order valence-corrected chi connectivity index (χ3v) is 10.1. The Labute approximate surface area is 198 Å². The second kappa shape index (κ2) is 10.0. The van der Waals surface area contributed by atoms with Crippen molar-refractivity contribution in [3.8, 4) is 0 Å². The van der Waals surface area contributed by atoms with Crippen LogP contribution in [-0.2, 0) is 19.6 Å². The van der Waals surface area contributed by atoms with Crippen molar-refractivity contribution in [3.63, 3.8) is 0 Å². The van der Waals surface area contributed by atoms with Crippen LogP contribution in [0.15, 0.2) is 35.2 Å². The van der Waals surface area contributed by atoms with Crippen LogP contribution in [0.4, 0.5) is 0 Å². The van der Waals surface area contributed by atoms with Gasteiger partial charge < -0.3 is 9.64 Å². The highest BCUT2D eigenvalue weighted by molar-refractivity contribution is 7.89. The molecule has 0 aromatic heterocycles. The quantitative estimate of drug-likeness (QED) is 0.633. The number of ether oxygens (including phenoxy) is 1. The Morgan fingerprint density at radius 3 is 2.48 bits per heavy atom. The highest BCUT2D eigenvalue weighted by Crippen LogP contribution is 2.45. The van der Waals surface area contributed by atoms with Gasteiger partial charge in [0.15, 0.2) is 0 Å². The number of carbonyl (C=O) groups is 1. The monoisotopic (exact) mass is 475 g/mol. The summed E-state index contributed by atoms with van der Waals surface area (Å²) in [4.78, 5) is 17.6. The number of carbonyl (C=O) groups excluding carboxylic acids is 1. The second-order valence-corrected chi connectivity index (χ2v) is 12.0. The van der Waals surface area contributed by atoms with Gasteiger partial charge in [0.2, 0.25) is 15.9 Å². The van der Waals surface area contributed by atoms with Gasteiger partial charge in [-0.25, -0.2) is 8.42 Å². The average molecular weight is 476 g/mol. The molecule has 182 valence electrons. The van der Waals surface area contributed by atoms with Gasteiger partial charge >= 0.3 is 0 Å². The average Bonchev–Trinajstić information content (AvgIpc) is 2.86. The number of rotatable bonds is 6. The molecule has 0 aliphatic carbocycles. The summed E-state index contributed by atoms with van der Waals surface area (Å²) < 4.78 is 34.8. The molecule has 4 heterocycles. The van der Waals surface area contributed by atoms with Gasteiger partial charge in [0.25, 0.3) is 0 Å². The predicted molar refractivity (Wildman–Crippen MR) is 126 cm³/mol. The van der Waals surface area contributed by atoms with E-state index in [1.54, 1.807) is 24.3 Å². The molecule has 0 N–H and O–H groups in total. The van der Waals surface area contributed by atoms with Crippen molar-refractivity contribution >= 4 is 15.9 Å². The zero-order valence-corrected chi connectivity index (χ0v) is 20.3. The van der Waals surface area contributed by atoms with Gasteiger partial charge in [0.1, 0.15) is 0 Å². The molecule has 1 aromatic rings.